The van der Waals surface area contributed by atoms with Crippen molar-refractivity contribution in [1.29, 1.82) is 0 Å². The minimum Gasteiger partial charge on any atom is -0.494 e. The van der Waals surface area contributed by atoms with E-state index in [1.54, 1.807) is 24.3 Å². The lowest BCUT2D eigenvalue weighted by atomic mass is 9.98. The Hall–Kier alpha value is -4.50. The van der Waals surface area contributed by atoms with Crippen LogP contribution in [0.4, 0.5) is 5.69 Å². The molecule has 0 spiro atoms. The average molecular weight is 575 g/mol. The molecular weight excluding hydrogens is 540 g/mol. The van der Waals surface area contributed by atoms with Gasteiger partial charge in [0.1, 0.15) is 12.3 Å². The van der Waals surface area contributed by atoms with Crippen molar-refractivity contribution in [2.45, 2.75) is 24.8 Å². The third-order valence-electron chi connectivity index (χ3n) is 6.51. The third-order valence-corrected chi connectivity index (χ3v) is 8.28. The zero-order valence-electron chi connectivity index (χ0n) is 23.5. The van der Waals surface area contributed by atoms with Gasteiger partial charge in [-0.15, -0.1) is 0 Å². The number of sulfonamides is 1. The number of carbonyl (C=O) groups is 1. The number of nitrogens with zero attached hydrogens (tertiary/aromatic N) is 1. The van der Waals surface area contributed by atoms with Crippen LogP contribution < -0.4 is 23.8 Å². The molecule has 9 heteroatoms. The molecule has 0 radical (unpaired) electrons. The van der Waals surface area contributed by atoms with Gasteiger partial charge < -0.3 is 19.5 Å². The van der Waals surface area contributed by atoms with E-state index in [4.69, 9.17) is 14.2 Å². The molecule has 4 rings (SSSR count). The van der Waals surface area contributed by atoms with Crippen molar-refractivity contribution in [3.8, 4) is 17.2 Å². The van der Waals surface area contributed by atoms with E-state index in [2.05, 4.69) is 5.32 Å². The molecule has 0 aliphatic heterocycles. The molecule has 0 saturated heterocycles. The highest BCUT2D eigenvalue weighted by Crippen LogP contribution is 2.33. The van der Waals surface area contributed by atoms with Crippen LogP contribution in [0.5, 0.6) is 17.2 Å². The number of benzene rings is 4. The first-order valence-electron chi connectivity index (χ1n) is 13.1. The second-order valence-electron chi connectivity index (χ2n) is 9.28. The van der Waals surface area contributed by atoms with Crippen LogP contribution in [0.15, 0.2) is 102 Å². The minimum absolute atomic E-state index is 0.0463. The Morgan fingerprint density at radius 3 is 2.07 bits per heavy atom. The van der Waals surface area contributed by atoms with Crippen LogP contribution in [0.1, 0.15) is 29.7 Å². The van der Waals surface area contributed by atoms with Gasteiger partial charge in [-0.1, -0.05) is 60.2 Å². The Balaban J connectivity index is 1.71. The average Bonchev–Trinajstić information content (AvgIpc) is 3.00. The summed E-state index contributed by atoms with van der Waals surface area (Å²) < 4.78 is 45.3. The molecule has 1 N–H and O–H groups in total. The number of anilines is 1. The van der Waals surface area contributed by atoms with E-state index in [9.17, 15) is 13.2 Å². The van der Waals surface area contributed by atoms with Gasteiger partial charge in [-0.25, -0.2) is 8.42 Å². The molecule has 214 valence electrons. The van der Waals surface area contributed by atoms with Crippen LogP contribution in [-0.4, -0.2) is 41.7 Å². The minimum atomic E-state index is -4.21. The van der Waals surface area contributed by atoms with Crippen molar-refractivity contribution >= 4 is 21.6 Å². The molecule has 0 bridgehead atoms. The number of nitrogens with one attached hydrogen (secondary N) is 1. The molecule has 1 amide bonds. The van der Waals surface area contributed by atoms with Crippen LogP contribution in [0.2, 0.25) is 0 Å². The molecule has 8 nitrogen and oxygen atoms in total. The molecule has 0 aliphatic rings. The van der Waals surface area contributed by atoms with Gasteiger partial charge in [0, 0.05) is 6.07 Å². The maximum Gasteiger partial charge on any atom is 0.264 e. The number of hydrogen-bond donors (Lipinski definition) is 1. The molecule has 0 unspecified atom stereocenters. The zero-order valence-corrected chi connectivity index (χ0v) is 24.4. The smallest absolute Gasteiger partial charge is 0.264 e. The molecule has 1 atom stereocenters. The fraction of sp³-hybridized carbons (Fsp3) is 0.219. The van der Waals surface area contributed by atoms with Crippen molar-refractivity contribution in [3.63, 3.8) is 0 Å². The lowest BCUT2D eigenvalue weighted by Crippen LogP contribution is -2.42. The molecule has 4 aromatic carbocycles. The lowest BCUT2D eigenvalue weighted by Gasteiger charge is -2.26. The normalized spacial score (nSPS) is 11.8. The Labute approximate surface area is 241 Å². The number of amides is 1. The first-order chi connectivity index (χ1) is 19.8. The first-order valence-corrected chi connectivity index (χ1v) is 14.6. The Kier molecular flexibility index (Phi) is 9.52. The monoisotopic (exact) mass is 574 g/mol. The van der Waals surface area contributed by atoms with Gasteiger partial charge in [0.15, 0.2) is 11.5 Å². The molecule has 0 aromatic heterocycles. The maximum atomic E-state index is 14.0. The number of carbonyl (C=O) groups excluding carboxylic acids is 1. The van der Waals surface area contributed by atoms with E-state index < -0.39 is 28.5 Å². The van der Waals surface area contributed by atoms with Gasteiger partial charge in [-0.2, -0.15) is 0 Å². The number of methoxy groups -OCH3 is 2. The number of rotatable bonds is 12. The van der Waals surface area contributed by atoms with Crippen LogP contribution in [0, 0.1) is 6.92 Å². The van der Waals surface area contributed by atoms with Crippen molar-refractivity contribution in [2.24, 2.45) is 0 Å². The van der Waals surface area contributed by atoms with E-state index in [0.29, 0.717) is 23.8 Å². The van der Waals surface area contributed by atoms with Gasteiger partial charge in [-0.3, -0.25) is 9.10 Å². The van der Waals surface area contributed by atoms with Gasteiger partial charge >= 0.3 is 0 Å². The van der Waals surface area contributed by atoms with E-state index >= 15 is 0 Å². The van der Waals surface area contributed by atoms with Crippen LogP contribution >= 0.6 is 0 Å². The van der Waals surface area contributed by atoms with Crippen molar-refractivity contribution < 1.29 is 27.4 Å². The van der Waals surface area contributed by atoms with Crippen LogP contribution in [0.25, 0.3) is 0 Å². The standard InChI is InChI=1S/C32H34N2O6S/c1-5-40-27-17-15-26(16-18-27)34(41(36,37)28-19-20-29(38-3)30(21-28)39-4)22-31(35)33-32(24-9-7-6-8-10-24)25-13-11-23(2)12-14-25/h6-21,32H,5,22H2,1-4H3,(H,33,35)/t32-/m0/s1. The van der Waals surface area contributed by atoms with Crippen molar-refractivity contribution in [2.75, 3.05) is 31.7 Å². The molecule has 0 fully saturated rings. The van der Waals surface area contributed by atoms with E-state index in [-0.39, 0.29) is 10.6 Å². The van der Waals surface area contributed by atoms with E-state index in [1.165, 1.54) is 32.4 Å². The van der Waals surface area contributed by atoms with E-state index in [0.717, 1.165) is 21.0 Å². The lowest BCUT2D eigenvalue weighted by molar-refractivity contribution is -0.120. The highest BCUT2D eigenvalue weighted by molar-refractivity contribution is 7.92. The number of ether oxygens (including phenoxy) is 3. The summed E-state index contributed by atoms with van der Waals surface area (Å²) in [6.45, 7) is 3.87. The summed E-state index contributed by atoms with van der Waals surface area (Å²) in [7, 11) is -1.30. The quantitative estimate of drug-likeness (QED) is 0.240. The van der Waals surface area contributed by atoms with Crippen LogP contribution in [0.3, 0.4) is 0 Å². The molecule has 0 heterocycles. The van der Waals surface area contributed by atoms with Gasteiger partial charge in [0.05, 0.1) is 37.5 Å². The van der Waals surface area contributed by atoms with Gasteiger partial charge in [-0.05, 0) is 61.4 Å². The summed E-state index contributed by atoms with van der Waals surface area (Å²) in [6.07, 6.45) is 0. The molecular formula is C32H34N2O6S. The fourth-order valence-electron chi connectivity index (χ4n) is 4.40. The topological polar surface area (TPSA) is 94.2 Å². The SMILES string of the molecule is CCOc1ccc(N(CC(=O)N[C@@H](c2ccccc2)c2ccc(C)cc2)S(=O)(=O)c2ccc(OC)c(OC)c2)cc1. The van der Waals surface area contributed by atoms with Crippen molar-refractivity contribution in [3.05, 3.63) is 114 Å². The summed E-state index contributed by atoms with van der Waals surface area (Å²) in [5, 5.41) is 3.05. The van der Waals surface area contributed by atoms with Crippen molar-refractivity contribution in [1.82, 2.24) is 5.32 Å². The van der Waals surface area contributed by atoms with Gasteiger partial charge in [0.2, 0.25) is 5.91 Å². The molecule has 0 aliphatic carbocycles. The predicted octanol–water partition coefficient (Wildman–Crippen LogP) is 5.51. The van der Waals surface area contributed by atoms with Crippen LogP contribution in [-0.2, 0) is 14.8 Å². The highest BCUT2D eigenvalue weighted by atomic mass is 32.2. The summed E-state index contributed by atoms with van der Waals surface area (Å²) in [5.74, 6) is 0.763. The predicted molar refractivity (Wildman–Crippen MR) is 159 cm³/mol. The second kappa shape index (κ2) is 13.2. The highest BCUT2D eigenvalue weighted by Gasteiger charge is 2.29. The fourth-order valence-corrected chi connectivity index (χ4v) is 5.83. The summed E-state index contributed by atoms with van der Waals surface area (Å²) in [6, 6.07) is 27.9. The Morgan fingerprint density at radius 2 is 1.46 bits per heavy atom. The summed E-state index contributed by atoms with van der Waals surface area (Å²) in [4.78, 5) is 13.6. The third kappa shape index (κ3) is 6.99. The molecule has 41 heavy (non-hydrogen) atoms. The summed E-state index contributed by atoms with van der Waals surface area (Å²) in [5.41, 5.74) is 3.16. The second-order valence-corrected chi connectivity index (χ2v) is 11.1. The summed E-state index contributed by atoms with van der Waals surface area (Å²) >= 11 is 0. The molecule has 4 aromatic rings. The number of aryl methyl sites for hydroxylation is 1. The zero-order chi connectivity index (χ0) is 29.4. The van der Waals surface area contributed by atoms with E-state index in [1.807, 2.05) is 68.4 Å². The first kappa shape index (κ1) is 29.5. The van der Waals surface area contributed by atoms with Gasteiger partial charge in [0.25, 0.3) is 10.0 Å². The number of hydrogen-bond acceptors (Lipinski definition) is 6. The largest absolute Gasteiger partial charge is 0.494 e. The Morgan fingerprint density at radius 1 is 0.829 bits per heavy atom. The molecule has 0 saturated carbocycles. The maximum absolute atomic E-state index is 14.0. The Bertz CT molecular complexity index is 1560.